The summed E-state index contributed by atoms with van der Waals surface area (Å²) in [5.41, 5.74) is 9.85. The maximum absolute atomic E-state index is 6.44. The van der Waals surface area contributed by atoms with Gasteiger partial charge in [0.05, 0.1) is 12.5 Å². The molecular formula is C25H26N4O2S. The lowest BCUT2D eigenvalue weighted by Crippen LogP contribution is -2.30. The molecule has 1 aromatic carbocycles. The first-order chi connectivity index (χ1) is 15.7. The molecule has 0 aliphatic heterocycles. The molecular weight excluding hydrogens is 420 g/mol. The lowest BCUT2D eigenvalue weighted by atomic mass is 9.97. The smallest absolute Gasteiger partial charge is 0.226 e. The standard InChI is InChI=1S/C25H26N4O2S/c1-30-19-6-4-5-16(14-19)13-18(26)15-31-24-22-20-7-2-3-8-21(20)32-25(22)29-23(28-24)17-9-11-27-12-10-17/h4-6,9-12,14,18H,2-3,7-8,13,15,26H2,1H3/t18-/m0/s1. The molecule has 32 heavy (non-hydrogen) atoms. The molecule has 4 aromatic rings. The monoisotopic (exact) mass is 446 g/mol. The van der Waals surface area contributed by atoms with Crippen molar-refractivity contribution in [1.29, 1.82) is 0 Å². The average Bonchev–Trinajstić information content (AvgIpc) is 3.22. The van der Waals surface area contributed by atoms with Crippen LogP contribution in [0.1, 0.15) is 28.8 Å². The summed E-state index contributed by atoms with van der Waals surface area (Å²) >= 11 is 1.77. The normalized spacial score (nSPS) is 14.2. The first kappa shape index (κ1) is 20.8. The van der Waals surface area contributed by atoms with Gasteiger partial charge in [0.2, 0.25) is 5.88 Å². The van der Waals surface area contributed by atoms with Gasteiger partial charge in [-0.1, -0.05) is 12.1 Å². The van der Waals surface area contributed by atoms with Crippen LogP contribution in [0.25, 0.3) is 21.6 Å². The molecule has 1 aliphatic carbocycles. The van der Waals surface area contributed by atoms with Crippen molar-refractivity contribution in [3.8, 4) is 23.0 Å². The maximum atomic E-state index is 6.44. The van der Waals surface area contributed by atoms with Crippen LogP contribution in [0.3, 0.4) is 0 Å². The minimum Gasteiger partial charge on any atom is -0.497 e. The van der Waals surface area contributed by atoms with Gasteiger partial charge >= 0.3 is 0 Å². The van der Waals surface area contributed by atoms with Crippen molar-refractivity contribution < 1.29 is 9.47 Å². The van der Waals surface area contributed by atoms with E-state index in [1.54, 1.807) is 30.8 Å². The first-order valence-corrected chi connectivity index (χ1v) is 11.8. The van der Waals surface area contributed by atoms with Crippen molar-refractivity contribution in [3.63, 3.8) is 0 Å². The number of pyridine rings is 1. The van der Waals surface area contributed by atoms with Crippen LogP contribution in [0.2, 0.25) is 0 Å². The molecule has 3 aromatic heterocycles. The molecule has 0 saturated heterocycles. The summed E-state index contributed by atoms with van der Waals surface area (Å²) in [6.45, 7) is 0.379. The molecule has 1 aliphatic rings. The molecule has 1 atom stereocenters. The molecule has 0 radical (unpaired) electrons. The number of aryl methyl sites for hydroxylation is 2. The fourth-order valence-electron chi connectivity index (χ4n) is 4.21. The lowest BCUT2D eigenvalue weighted by Gasteiger charge is -2.16. The van der Waals surface area contributed by atoms with Gasteiger partial charge in [-0.05, 0) is 67.5 Å². The quantitative estimate of drug-likeness (QED) is 0.447. The second kappa shape index (κ2) is 9.22. The summed E-state index contributed by atoms with van der Waals surface area (Å²) in [5, 5.41) is 1.07. The number of fused-ring (bicyclic) bond motifs is 3. The molecule has 0 saturated carbocycles. The second-order valence-electron chi connectivity index (χ2n) is 8.11. The highest BCUT2D eigenvalue weighted by Gasteiger charge is 2.23. The number of nitrogens with zero attached hydrogens (tertiary/aromatic N) is 3. The number of thiophene rings is 1. The third kappa shape index (κ3) is 4.31. The van der Waals surface area contributed by atoms with Crippen LogP contribution in [0.5, 0.6) is 11.6 Å². The topological polar surface area (TPSA) is 83.2 Å². The zero-order valence-corrected chi connectivity index (χ0v) is 18.9. The predicted molar refractivity (Wildman–Crippen MR) is 127 cm³/mol. The summed E-state index contributed by atoms with van der Waals surface area (Å²) < 4.78 is 11.6. The van der Waals surface area contributed by atoms with Gasteiger partial charge in [0.15, 0.2) is 5.82 Å². The van der Waals surface area contributed by atoms with Gasteiger partial charge in [0, 0.05) is 28.9 Å². The number of benzene rings is 1. The molecule has 0 unspecified atom stereocenters. The molecule has 0 bridgehead atoms. The molecule has 2 N–H and O–H groups in total. The van der Waals surface area contributed by atoms with E-state index >= 15 is 0 Å². The number of aromatic nitrogens is 3. The van der Waals surface area contributed by atoms with Crippen molar-refractivity contribution in [2.75, 3.05) is 13.7 Å². The van der Waals surface area contributed by atoms with Gasteiger partial charge in [0.1, 0.15) is 17.2 Å². The third-order valence-electron chi connectivity index (χ3n) is 5.79. The van der Waals surface area contributed by atoms with Crippen LogP contribution in [-0.4, -0.2) is 34.7 Å². The molecule has 164 valence electrons. The molecule has 0 fully saturated rings. The van der Waals surface area contributed by atoms with E-state index in [-0.39, 0.29) is 6.04 Å². The Morgan fingerprint density at radius 1 is 1.09 bits per heavy atom. The summed E-state index contributed by atoms with van der Waals surface area (Å²) in [7, 11) is 1.67. The average molecular weight is 447 g/mol. The van der Waals surface area contributed by atoms with Crippen LogP contribution in [0, 0.1) is 0 Å². The second-order valence-corrected chi connectivity index (χ2v) is 9.19. The Bertz CT molecular complexity index is 1230. The van der Waals surface area contributed by atoms with Crippen LogP contribution in [0.15, 0.2) is 48.8 Å². The number of hydrogen-bond donors (Lipinski definition) is 1. The van der Waals surface area contributed by atoms with Gasteiger partial charge in [-0.3, -0.25) is 4.98 Å². The highest BCUT2D eigenvalue weighted by Crippen LogP contribution is 2.40. The molecule has 5 rings (SSSR count). The zero-order chi connectivity index (χ0) is 21.9. The maximum Gasteiger partial charge on any atom is 0.226 e. The van der Waals surface area contributed by atoms with Crippen molar-refractivity contribution in [2.24, 2.45) is 5.73 Å². The van der Waals surface area contributed by atoms with Gasteiger partial charge in [0.25, 0.3) is 0 Å². The Balaban J connectivity index is 1.44. The zero-order valence-electron chi connectivity index (χ0n) is 18.1. The number of nitrogens with two attached hydrogens (primary N) is 1. The van der Waals surface area contributed by atoms with Crippen LogP contribution in [-0.2, 0) is 19.3 Å². The first-order valence-electron chi connectivity index (χ1n) is 11.0. The molecule has 0 spiro atoms. The molecule has 3 heterocycles. The van der Waals surface area contributed by atoms with Crippen molar-refractivity contribution in [3.05, 3.63) is 64.8 Å². The third-order valence-corrected chi connectivity index (χ3v) is 6.97. The summed E-state index contributed by atoms with van der Waals surface area (Å²) in [5.74, 6) is 2.14. The number of ether oxygens (including phenoxy) is 2. The minimum atomic E-state index is -0.161. The van der Waals surface area contributed by atoms with E-state index in [0.29, 0.717) is 24.7 Å². The van der Waals surface area contributed by atoms with E-state index in [1.165, 1.54) is 23.3 Å². The number of rotatable bonds is 7. The largest absolute Gasteiger partial charge is 0.497 e. The Hall–Kier alpha value is -3.03. The van der Waals surface area contributed by atoms with Crippen LogP contribution < -0.4 is 15.2 Å². The van der Waals surface area contributed by atoms with Gasteiger partial charge in [-0.15, -0.1) is 11.3 Å². The van der Waals surface area contributed by atoms with E-state index in [9.17, 15) is 0 Å². The van der Waals surface area contributed by atoms with E-state index in [1.807, 2.05) is 30.3 Å². The lowest BCUT2D eigenvalue weighted by molar-refractivity contribution is 0.280. The Labute approximate surface area is 191 Å². The van der Waals surface area contributed by atoms with Crippen molar-refractivity contribution in [1.82, 2.24) is 15.0 Å². The summed E-state index contributed by atoms with van der Waals surface area (Å²) in [4.78, 5) is 16.2. The molecule has 0 amide bonds. The highest BCUT2D eigenvalue weighted by atomic mass is 32.1. The van der Waals surface area contributed by atoms with E-state index < -0.39 is 0 Å². The van der Waals surface area contributed by atoms with E-state index in [0.717, 1.165) is 39.9 Å². The Morgan fingerprint density at radius 2 is 1.94 bits per heavy atom. The Kier molecular flexibility index (Phi) is 6.01. The van der Waals surface area contributed by atoms with Gasteiger partial charge in [-0.25, -0.2) is 4.98 Å². The fourth-order valence-corrected chi connectivity index (χ4v) is 5.46. The van der Waals surface area contributed by atoms with Crippen molar-refractivity contribution in [2.45, 2.75) is 38.1 Å². The number of methoxy groups -OCH3 is 1. The van der Waals surface area contributed by atoms with Crippen LogP contribution in [0.4, 0.5) is 0 Å². The Morgan fingerprint density at radius 3 is 2.78 bits per heavy atom. The summed E-state index contributed by atoms with van der Waals surface area (Å²) in [6.07, 6.45) is 8.80. The van der Waals surface area contributed by atoms with Gasteiger partial charge in [-0.2, -0.15) is 4.98 Å². The highest BCUT2D eigenvalue weighted by molar-refractivity contribution is 7.18. The minimum absolute atomic E-state index is 0.161. The summed E-state index contributed by atoms with van der Waals surface area (Å²) in [6, 6.07) is 11.7. The van der Waals surface area contributed by atoms with Gasteiger partial charge < -0.3 is 15.2 Å². The molecule has 6 nitrogen and oxygen atoms in total. The van der Waals surface area contributed by atoms with Crippen molar-refractivity contribution >= 4 is 21.6 Å². The van der Waals surface area contributed by atoms with E-state index in [2.05, 4.69) is 11.1 Å². The fraction of sp³-hybridized carbons (Fsp3) is 0.320. The van der Waals surface area contributed by atoms with E-state index in [4.69, 9.17) is 25.2 Å². The SMILES string of the molecule is COc1cccc(C[C@H](N)COc2nc(-c3ccncc3)nc3sc4c(c23)CCCC4)c1. The number of hydrogen-bond acceptors (Lipinski definition) is 7. The predicted octanol–water partition coefficient (Wildman–Crippen LogP) is 4.59. The van der Waals surface area contributed by atoms with Crippen LogP contribution >= 0.6 is 11.3 Å². The molecule has 7 heteroatoms.